The van der Waals surface area contributed by atoms with Crippen LogP contribution in [0.5, 0.6) is 5.75 Å². The second-order valence-corrected chi connectivity index (χ2v) is 10.3. The highest BCUT2D eigenvalue weighted by atomic mass is 35.5. The fourth-order valence-corrected chi connectivity index (χ4v) is 4.68. The first kappa shape index (κ1) is 25.8. The van der Waals surface area contributed by atoms with Gasteiger partial charge in [-0.25, -0.2) is 14.6 Å². The molecule has 1 aromatic carbocycles. The Balaban J connectivity index is 1.29. The number of anilines is 2. The molecule has 0 spiro atoms. The number of nitrogens with zero attached hydrogens (tertiary/aromatic N) is 8. The molecular weight excluding hydrogens is 506 g/mol. The van der Waals surface area contributed by atoms with Gasteiger partial charge in [0.1, 0.15) is 24.0 Å². The minimum atomic E-state index is -0.195. The summed E-state index contributed by atoms with van der Waals surface area (Å²) in [5.74, 6) is 1.60. The highest BCUT2D eigenvalue weighted by Crippen LogP contribution is 2.33. The number of hydrogen-bond acceptors (Lipinski definition) is 9. The van der Waals surface area contributed by atoms with Gasteiger partial charge in [-0.2, -0.15) is 5.10 Å². The van der Waals surface area contributed by atoms with Crippen LogP contribution in [-0.2, 0) is 11.3 Å². The normalized spacial score (nSPS) is 15.1. The smallest absolute Gasteiger partial charge is 0.227 e. The van der Waals surface area contributed by atoms with Crippen LogP contribution in [0.3, 0.4) is 0 Å². The van der Waals surface area contributed by atoms with E-state index in [4.69, 9.17) is 21.4 Å². The van der Waals surface area contributed by atoms with Crippen molar-refractivity contribution in [2.24, 2.45) is 0 Å². The van der Waals surface area contributed by atoms with E-state index in [2.05, 4.69) is 44.7 Å². The Labute approximate surface area is 225 Å². The maximum Gasteiger partial charge on any atom is 0.227 e. The zero-order valence-corrected chi connectivity index (χ0v) is 22.3. The quantitative estimate of drug-likeness (QED) is 0.315. The lowest BCUT2D eigenvalue weighted by Gasteiger charge is -2.21. The third-order valence-electron chi connectivity index (χ3n) is 6.52. The predicted molar refractivity (Wildman–Crippen MR) is 142 cm³/mol. The number of rotatable bonds is 9. The lowest BCUT2D eigenvalue weighted by Crippen LogP contribution is -2.20. The number of carbonyl (C=O) groups is 1. The van der Waals surface area contributed by atoms with Crippen LogP contribution in [0, 0.1) is 0 Å². The van der Waals surface area contributed by atoms with E-state index in [1.54, 1.807) is 23.1 Å². The van der Waals surface area contributed by atoms with E-state index in [0.29, 0.717) is 41.9 Å². The minimum Gasteiger partial charge on any atom is -0.487 e. The van der Waals surface area contributed by atoms with Gasteiger partial charge in [0.25, 0.3) is 0 Å². The molecule has 0 radical (unpaired) electrons. The average molecular weight is 536 g/mol. The molecule has 0 unspecified atom stereocenters. The summed E-state index contributed by atoms with van der Waals surface area (Å²) in [7, 11) is 0. The average Bonchev–Trinajstić information content (AvgIpc) is 3.56. The molecular formula is C26H30ClN9O2. The van der Waals surface area contributed by atoms with Crippen molar-refractivity contribution in [1.82, 2.24) is 40.0 Å². The largest absolute Gasteiger partial charge is 0.487 e. The van der Waals surface area contributed by atoms with E-state index in [0.717, 1.165) is 35.3 Å². The zero-order valence-electron chi connectivity index (χ0n) is 21.6. The van der Waals surface area contributed by atoms with Crippen LogP contribution < -0.4 is 10.1 Å². The van der Waals surface area contributed by atoms with Crippen LogP contribution in [0.2, 0.25) is 5.02 Å². The topological polar surface area (TPSA) is 126 Å². The molecule has 198 valence electrons. The number of halogens is 1. The van der Waals surface area contributed by atoms with Gasteiger partial charge in [-0.15, -0.1) is 5.10 Å². The Morgan fingerprint density at radius 1 is 1.13 bits per heavy atom. The molecule has 11 nitrogen and oxygen atoms in total. The van der Waals surface area contributed by atoms with Gasteiger partial charge in [0, 0.05) is 37.0 Å². The molecule has 1 fully saturated rings. The Morgan fingerprint density at radius 2 is 1.89 bits per heavy atom. The number of tetrazole rings is 1. The van der Waals surface area contributed by atoms with E-state index in [1.165, 1.54) is 6.33 Å². The molecule has 5 rings (SSSR count). The second kappa shape index (κ2) is 11.3. The van der Waals surface area contributed by atoms with Gasteiger partial charge >= 0.3 is 0 Å². The molecule has 1 aliphatic rings. The molecule has 12 heteroatoms. The Morgan fingerprint density at radius 3 is 2.58 bits per heavy atom. The lowest BCUT2D eigenvalue weighted by molar-refractivity contribution is -0.120. The first-order valence-corrected chi connectivity index (χ1v) is 13.1. The molecule has 38 heavy (non-hydrogen) atoms. The number of ketones is 1. The summed E-state index contributed by atoms with van der Waals surface area (Å²) in [6.07, 6.45) is 9.76. The van der Waals surface area contributed by atoms with Gasteiger partial charge in [-0.05, 0) is 53.8 Å². The Bertz CT molecular complexity index is 1380. The standard InChI is InChI=1S/C26H30ClN9O2/c1-16(2)25-23(14-36(32-25)20-5-7-21(37)8-6-20)31-26-28-11-19(12-29-26)18-4-9-22(27)24(10-18)38-17(3)13-35-15-30-33-34-35/h4,9-12,14-17,20H,5-8,13H2,1-3H3,(H,28,29,31)/t17-/m0/s1. The molecule has 3 heterocycles. The Hall–Kier alpha value is -3.86. The molecule has 0 saturated heterocycles. The summed E-state index contributed by atoms with van der Waals surface area (Å²) in [5.41, 5.74) is 3.54. The number of Topliss-reactive ketones (excluding diaryl/α,β-unsaturated/α-hetero) is 1. The van der Waals surface area contributed by atoms with Crippen molar-refractivity contribution in [3.05, 3.63) is 53.8 Å². The van der Waals surface area contributed by atoms with Gasteiger partial charge in [0.2, 0.25) is 5.95 Å². The van der Waals surface area contributed by atoms with Crippen molar-refractivity contribution in [3.63, 3.8) is 0 Å². The van der Waals surface area contributed by atoms with Crippen LogP contribution in [0.25, 0.3) is 11.1 Å². The molecule has 1 aliphatic carbocycles. The van der Waals surface area contributed by atoms with Crippen molar-refractivity contribution in [3.8, 4) is 16.9 Å². The minimum absolute atomic E-state index is 0.195. The number of carbonyl (C=O) groups excluding carboxylic acids is 1. The summed E-state index contributed by atoms with van der Waals surface area (Å²) >= 11 is 6.39. The zero-order chi connectivity index (χ0) is 26.6. The van der Waals surface area contributed by atoms with Crippen LogP contribution in [0.1, 0.15) is 64.1 Å². The number of benzene rings is 1. The van der Waals surface area contributed by atoms with Crippen molar-refractivity contribution < 1.29 is 9.53 Å². The number of hydrogen-bond donors (Lipinski definition) is 1. The molecule has 1 saturated carbocycles. The van der Waals surface area contributed by atoms with Gasteiger partial charge in [0.05, 0.1) is 29.0 Å². The summed E-state index contributed by atoms with van der Waals surface area (Å²) < 4.78 is 9.65. The number of nitrogens with one attached hydrogen (secondary N) is 1. The van der Waals surface area contributed by atoms with Crippen molar-refractivity contribution >= 4 is 29.0 Å². The molecule has 1 atom stereocenters. The Kier molecular flexibility index (Phi) is 7.64. The molecule has 4 aromatic rings. The SMILES string of the molecule is CC(C)c1nn(C2CCC(=O)CC2)cc1Nc1ncc(-c2ccc(Cl)c(O[C@@H](C)Cn3cnnn3)c2)cn1. The fourth-order valence-electron chi connectivity index (χ4n) is 4.52. The summed E-state index contributed by atoms with van der Waals surface area (Å²) in [5, 5.41) is 19.8. The van der Waals surface area contributed by atoms with Crippen LogP contribution in [-0.4, -0.2) is 51.8 Å². The predicted octanol–water partition coefficient (Wildman–Crippen LogP) is 5.00. The van der Waals surface area contributed by atoms with E-state index < -0.39 is 0 Å². The van der Waals surface area contributed by atoms with Crippen molar-refractivity contribution in [1.29, 1.82) is 0 Å². The van der Waals surface area contributed by atoms with Gasteiger partial charge < -0.3 is 10.1 Å². The summed E-state index contributed by atoms with van der Waals surface area (Å²) in [6.45, 7) is 6.63. The van der Waals surface area contributed by atoms with Crippen molar-refractivity contribution in [2.75, 3.05) is 5.32 Å². The maximum absolute atomic E-state index is 11.7. The van der Waals surface area contributed by atoms with Crippen molar-refractivity contribution in [2.45, 2.75) is 71.1 Å². The third kappa shape index (κ3) is 5.99. The molecule has 0 bridgehead atoms. The molecule has 0 amide bonds. The molecule has 3 aromatic heterocycles. The first-order valence-electron chi connectivity index (χ1n) is 12.7. The lowest BCUT2D eigenvalue weighted by atomic mass is 9.95. The van der Waals surface area contributed by atoms with Crippen LogP contribution in [0.4, 0.5) is 11.6 Å². The third-order valence-corrected chi connectivity index (χ3v) is 6.83. The fraction of sp³-hybridized carbons (Fsp3) is 0.423. The van der Waals surface area contributed by atoms with E-state index in [-0.39, 0.29) is 18.1 Å². The van der Waals surface area contributed by atoms with E-state index in [9.17, 15) is 4.79 Å². The van der Waals surface area contributed by atoms with Crippen LogP contribution >= 0.6 is 11.6 Å². The highest BCUT2D eigenvalue weighted by molar-refractivity contribution is 6.32. The molecule has 0 aliphatic heterocycles. The van der Waals surface area contributed by atoms with Gasteiger partial charge in [-0.3, -0.25) is 9.48 Å². The van der Waals surface area contributed by atoms with Crippen LogP contribution in [0.15, 0.2) is 43.1 Å². The monoisotopic (exact) mass is 535 g/mol. The molecule has 1 N–H and O–H groups in total. The second-order valence-electron chi connectivity index (χ2n) is 9.86. The summed E-state index contributed by atoms with van der Waals surface area (Å²) in [4.78, 5) is 20.7. The number of ether oxygens (including phenoxy) is 1. The number of aromatic nitrogens is 8. The van der Waals surface area contributed by atoms with Gasteiger partial charge in [0.15, 0.2) is 0 Å². The summed E-state index contributed by atoms with van der Waals surface area (Å²) in [6, 6.07) is 5.81. The van der Waals surface area contributed by atoms with E-state index >= 15 is 0 Å². The highest BCUT2D eigenvalue weighted by Gasteiger charge is 2.23. The van der Waals surface area contributed by atoms with Gasteiger partial charge in [-0.1, -0.05) is 31.5 Å². The first-order chi connectivity index (χ1) is 18.4. The van der Waals surface area contributed by atoms with E-state index in [1.807, 2.05) is 29.9 Å². The maximum atomic E-state index is 11.7.